The summed E-state index contributed by atoms with van der Waals surface area (Å²) in [5.74, 6) is 0. The molecule has 2 rings (SSSR count). The van der Waals surface area contributed by atoms with Gasteiger partial charge in [0, 0.05) is 29.1 Å². The predicted molar refractivity (Wildman–Crippen MR) is 67.1 cm³/mol. The Bertz CT molecular complexity index is 339. The molecule has 1 heterocycles. The van der Waals surface area contributed by atoms with E-state index in [0.29, 0.717) is 0 Å². The molecule has 0 aliphatic carbocycles. The van der Waals surface area contributed by atoms with Gasteiger partial charge in [0.05, 0.1) is 13.2 Å². The van der Waals surface area contributed by atoms with Gasteiger partial charge in [-0.05, 0) is 17.7 Å². The Morgan fingerprint density at radius 1 is 1.33 bits per heavy atom. The SMILES string of the molecule is Clc1cc(N2CCOCC2)ccc1CBr. The Morgan fingerprint density at radius 2 is 2.07 bits per heavy atom. The van der Waals surface area contributed by atoms with Crippen LogP contribution in [0.1, 0.15) is 5.56 Å². The highest BCUT2D eigenvalue weighted by Crippen LogP contribution is 2.25. The molecule has 0 N–H and O–H groups in total. The van der Waals surface area contributed by atoms with E-state index in [4.69, 9.17) is 16.3 Å². The van der Waals surface area contributed by atoms with E-state index in [1.807, 2.05) is 6.07 Å². The molecule has 82 valence electrons. The van der Waals surface area contributed by atoms with Crippen molar-refractivity contribution in [1.29, 1.82) is 0 Å². The van der Waals surface area contributed by atoms with Crippen LogP contribution in [0.25, 0.3) is 0 Å². The summed E-state index contributed by atoms with van der Waals surface area (Å²) >= 11 is 9.57. The van der Waals surface area contributed by atoms with Gasteiger partial charge in [0.25, 0.3) is 0 Å². The normalized spacial score (nSPS) is 16.8. The average Bonchev–Trinajstić information content (AvgIpc) is 2.30. The maximum absolute atomic E-state index is 6.16. The van der Waals surface area contributed by atoms with E-state index in [1.165, 1.54) is 5.69 Å². The number of halogens is 2. The summed E-state index contributed by atoms with van der Waals surface area (Å²) in [6.07, 6.45) is 0. The number of morpholine rings is 1. The third-order valence-electron chi connectivity index (χ3n) is 2.56. The molecule has 1 saturated heterocycles. The van der Waals surface area contributed by atoms with Gasteiger partial charge in [0.2, 0.25) is 0 Å². The van der Waals surface area contributed by atoms with Crippen molar-refractivity contribution in [2.75, 3.05) is 31.2 Å². The van der Waals surface area contributed by atoms with E-state index >= 15 is 0 Å². The first-order chi connectivity index (χ1) is 7.31. The topological polar surface area (TPSA) is 12.5 Å². The Labute approximate surface area is 103 Å². The van der Waals surface area contributed by atoms with E-state index in [-0.39, 0.29) is 0 Å². The summed E-state index contributed by atoms with van der Waals surface area (Å²) in [6, 6.07) is 6.22. The largest absolute Gasteiger partial charge is 0.378 e. The number of hydrogen-bond acceptors (Lipinski definition) is 2. The van der Waals surface area contributed by atoms with Crippen molar-refractivity contribution in [3.05, 3.63) is 28.8 Å². The van der Waals surface area contributed by atoms with E-state index in [1.54, 1.807) is 0 Å². The molecular weight excluding hydrogens is 277 g/mol. The van der Waals surface area contributed by atoms with Crippen LogP contribution >= 0.6 is 27.5 Å². The first-order valence-corrected chi connectivity index (χ1v) is 6.48. The lowest BCUT2D eigenvalue weighted by Crippen LogP contribution is -2.36. The molecule has 4 heteroatoms. The highest BCUT2D eigenvalue weighted by Gasteiger charge is 2.12. The van der Waals surface area contributed by atoms with Crippen molar-refractivity contribution in [2.24, 2.45) is 0 Å². The highest BCUT2D eigenvalue weighted by molar-refractivity contribution is 9.08. The number of alkyl halides is 1. The van der Waals surface area contributed by atoms with E-state index < -0.39 is 0 Å². The first-order valence-electron chi connectivity index (χ1n) is 4.98. The lowest BCUT2D eigenvalue weighted by Gasteiger charge is -2.29. The Kier molecular flexibility index (Phi) is 3.89. The summed E-state index contributed by atoms with van der Waals surface area (Å²) in [7, 11) is 0. The minimum atomic E-state index is 0.801. The number of anilines is 1. The maximum Gasteiger partial charge on any atom is 0.0642 e. The van der Waals surface area contributed by atoms with Crippen LogP contribution in [0, 0.1) is 0 Å². The molecule has 1 aliphatic heterocycles. The molecule has 2 nitrogen and oxygen atoms in total. The number of hydrogen-bond donors (Lipinski definition) is 0. The van der Waals surface area contributed by atoms with Gasteiger partial charge in [-0.25, -0.2) is 0 Å². The lowest BCUT2D eigenvalue weighted by molar-refractivity contribution is 0.122. The van der Waals surface area contributed by atoms with Gasteiger partial charge in [-0.1, -0.05) is 33.6 Å². The van der Waals surface area contributed by atoms with Crippen LogP contribution in [0.15, 0.2) is 18.2 Å². The molecule has 0 aromatic heterocycles. The Hall–Kier alpha value is -0.250. The molecule has 0 unspecified atom stereocenters. The second-order valence-corrected chi connectivity index (χ2v) is 4.48. The molecule has 0 saturated carbocycles. The highest BCUT2D eigenvalue weighted by atomic mass is 79.9. The van der Waals surface area contributed by atoms with Crippen molar-refractivity contribution < 1.29 is 4.74 Å². The van der Waals surface area contributed by atoms with Gasteiger partial charge in [0.15, 0.2) is 0 Å². The zero-order valence-electron chi connectivity index (χ0n) is 8.38. The van der Waals surface area contributed by atoms with Gasteiger partial charge in [-0.15, -0.1) is 0 Å². The van der Waals surface area contributed by atoms with Crippen LogP contribution in [0.4, 0.5) is 5.69 Å². The van der Waals surface area contributed by atoms with Gasteiger partial charge < -0.3 is 9.64 Å². The summed E-state index contributed by atoms with van der Waals surface area (Å²) in [6.45, 7) is 3.50. The lowest BCUT2D eigenvalue weighted by atomic mass is 10.2. The zero-order valence-corrected chi connectivity index (χ0v) is 10.7. The monoisotopic (exact) mass is 289 g/mol. The molecule has 15 heavy (non-hydrogen) atoms. The number of benzene rings is 1. The van der Waals surface area contributed by atoms with Gasteiger partial charge >= 0.3 is 0 Å². The molecule has 0 radical (unpaired) electrons. The quantitative estimate of drug-likeness (QED) is 0.776. The van der Waals surface area contributed by atoms with E-state index in [2.05, 4.69) is 33.0 Å². The zero-order chi connectivity index (χ0) is 10.7. The third kappa shape index (κ3) is 2.65. The van der Waals surface area contributed by atoms with Gasteiger partial charge in [-0.2, -0.15) is 0 Å². The van der Waals surface area contributed by atoms with Crippen LogP contribution < -0.4 is 4.90 Å². The molecule has 1 aliphatic rings. The minimum Gasteiger partial charge on any atom is -0.378 e. The molecule has 0 amide bonds. The summed E-state index contributed by atoms with van der Waals surface area (Å²) in [5, 5.41) is 1.63. The Morgan fingerprint density at radius 3 is 2.67 bits per heavy atom. The van der Waals surface area contributed by atoms with E-state index in [0.717, 1.165) is 42.2 Å². The molecule has 0 bridgehead atoms. The number of rotatable bonds is 2. The van der Waals surface area contributed by atoms with Crippen LogP contribution in [-0.2, 0) is 10.1 Å². The molecular formula is C11H13BrClNO. The van der Waals surface area contributed by atoms with E-state index in [9.17, 15) is 0 Å². The molecule has 0 atom stereocenters. The Balaban J connectivity index is 2.17. The average molecular weight is 291 g/mol. The molecule has 1 fully saturated rings. The summed E-state index contributed by atoms with van der Waals surface area (Å²) in [4.78, 5) is 2.30. The second-order valence-electron chi connectivity index (χ2n) is 3.51. The minimum absolute atomic E-state index is 0.801. The number of nitrogens with zero attached hydrogens (tertiary/aromatic N) is 1. The smallest absolute Gasteiger partial charge is 0.0642 e. The van der Waals surface area contributed by atoms with Crippen molar-refractivity contribution >= 4 is 33.2 Å². The number of ether oxygens (including phenoxy) is 1. The van der Waals surface area contributed by atoms with Crippen molar-refractivity contribution in [1.82, 2.24) is 0 Å². The predicted octanol–water partition coefficient (Wildman–Crippen LogP) is 3.07. The van der Waals surface area contributed by atoms with Crippen molar-refractivity contribution in [3.63, 3.8) is 0 Å². The molecule has 1 aromatic rings. The van der Waals surface area contributed by atoms with Crippen LogP contribution in [0.3, 0.4) is 0 Å². The fraction of sp³-hybridized carbons (Fsp3) is 0.455. The fourth-order valence-electron chi connectivity index (χ4n) is 1.66. The van der Waals surface area contributed by atoms with Crippen LogP contribution in [-0.4, -0.2) is 26.3 Å². The first kappa shape index (κ1) is 11.2. The van der Waals surface area contributed by atoms with Crippen LogP contribution in [0.2, 0.25) is 5.02 Å². The molecule has 0 spiro atoms. The second kappa shape index (κ2) is 5.19. The summed E-state index contributed by atoms with van der Waals surface area (Å²) < 4.78 is 5.31. The summed E-state index contributed by atoms with van der Waals surface area (Å²) in [5.41, 5.74) is 2.32. The third-order valence-corrected chi connectivity index (χ3v) is 3.51. The molecule has 1 aromatic carbocycles. The fourth-order valence-corrected chi connectivity index (χ4v) is 2.55. The van der Waals surface area contributed by atoms with Gasteiger partial charge in [0.1, 0.15) is 0 Å². The van der Waals surface area contributed by atoms with Gasteiger partial charge in [-0.3, -0.25) is 0 Å². The maximum atomic E-state index is 6.16. The van der Waals surface area contributed by atoms with Crippen molar-refractivity contribution in [3.8, 4) is 0 Å². The van der Waals surface area contributed by atoms with Crippen LogP contribution in [0.5, 0.6) is 0 Å². The van der Waals surface area contributed by atoms with Crippen molar-refractivity contribution in [2.45, 2.75) is 5.33 Å². The standard InChI is InChI=1S/C11H13BrClNO/c12-8-9-1-2-10(7-11(9)13)14-3-5-15-6-4-14/h1-2,7H,3-6,8H2.